The average Bonchev–Trinajstić information content (AvgIpc) is 2.58. The Morgan fingerprint density at radius 2 is 2.00 bits per heavy atom. The summed E-state index contributed by atoms with van der Waals surface area (Å²) < 4.78 is 5.10. The number of anilines is 2. The number of carbonyl (C=O) groups excluding carboxylic acids is 2. The van der Waals surface area contributed by atoms with Gasteiger partial charge in [0.2, 0.25) is 11.8 Å². The zero-order valence-corrected chi connectivity index (χ0v) is 13.6. The number of aryl methyl sites for hydroxylation is 1. The summed E-state index contributed by atoms with van der Waals surface area (Å²) in [6, 6.07) is 15.2. The summed E-state index contributed by atoms with van der Waals surface area (Å²) in [6.45, 7) is 0.506. The van der Waals surface area contributed by atoms with Gasteiger partial charge in [0, 0.05) is 24.9 Å². The Balaban J connectivity index is 1.71. The van der Waals surface area contributed by atoms with Crippen molar-refractivity contribution >= 4 is 23.2 Å². The second-order valence-electron chi connectivity index (χ2n) is 5.79. The molecule has 1 aliphatic heterocycles. The zero-order valence-electron chi connectivity index (χ0n) is 13.6. The summed E-state index contributed by atoms with van der Waals surface area (Å²) in [6.07, 6.45) is 1.17. The molecule has 0 unspecified atom stereocenters. The van der Waals surface area contributed by atoms with Crippen molar-refractivity contribution in [1.82, 2.24) is 0 Å². The third-order valence-corrected chi connectivity index (χ3v) is 4.02. The van der Waals surface area contributed by atoms with Gasteiger partial charge in [0.25, 0.3) is 0 Å². The summed E-state index contributed by atoms with van der Waals surface area (Å²) in [5.74, 6) is -0.230. The number of carbonyl (C=O) groups is 2. The lowest BCUT2D eigenvalue weighted by Gasteiger charge is -2.28. The SMILES string of the molecule is COCc1cccc(NC(=O)CN2C(=O)CCc3ccccc32)c1. The lowest BCUT2D eigenvalue weighted by molar-refractivity contribution is -0.121. The quantitative estimate of drug-likeness (QED) is 0.920. The van der Waals surface area contributed by atoms with Crippen LogP contribution in [0.4, 0.5) is 11.4 Å². The second-order valence-corrected chi connectivity index (χ2v) is 5.79. The van der Waals surface area contributed by atoms with Gasteiger partial charge in [-0.2, -0.15) is 0 Å². The molecule has 3 rings (SSSR count). The predicted octanol–water partition coefficient (Wildman–Crippen LogP) is 2.75. The molecule has 2 aromatic rings. The number of hydrogen-bond donors (Lipinski definition) is 1. The van der Waals surface area contributed by atoms with Gasteiger partial charge in [-0.05, 0) is 35.7 Å². The minimum absolute atomic E-state index is 0.0167. The van der Waals surface area contributed by atoms with Gasteiger partial charge in [-0.25, -0.2) is 0 Å². The molecule has 0 aromatic heterocycles. The van der Waals surface area contributed by atoms with Crippen LogP contribution in [0.15, 0.2) is 48.5 Å². The van der Waals surface area contributed by atoms with Crippen molar-refractivity contribution in [2.45, 2.75) is 19.4 Å². The fourth-order valence-electron chi connectivity index (χ4n) is 2.92. The molecule has 0 aliphatic carbocycles. The second kappa shape index (κ2) is 7.27. The van der Waals surface area contributed by atoms with E-state index in [1.54, 1.807) is 12.0 Å². The summed E-state index contributed by atoms with van der Waals surface area (Å²) >= 11 is 0. The first-order valence-corrected chi connectivity index (χ1v) is 7.93. The van der Waals surface area contributed by atoms with Gasteiger partial charge in [0.15, 0.2) is 0 Å². The Labute approximate surface area is 141 Å². The number of methoxy groups -OCH3 is 1. The number of ether oxygens (including phenoxy) is 1. The van der Waals surface area contributed by atoms with E-state index in [-0.39, 0.29) is 18.4 Å². The molecule has 0 radical (unpaired) electrons. The fourth-order valence-corrected chi connectivity index (χ4v) is 2.92. The van der Waals surface area contributed by atoms with Crippen molar-refractivity contribution in [3.8, 4) is 0 Å². The number of fused-ring (bicyclic) bond motifs is 1. The highest BCUT2D eigenvalue weighted by Crippen LogP contribution is 2.27. The van der Waals surface area contributed by atoms with E-state index in [1.165, 1.54) is 0 Å². The van der Waals surface area contributed by atoms with Crippen LogP contribution in [0, 0.1) is 0 Å². The molecule has 1 N–H and O–H groups in total. The minimum Gasteiger partial charge on any atom is -0.380 e. The highest BCUT2D eigenvalue weighted by molar-refractivity contribution is 6.04. The molecule has 5 heteroatoms. The van der Waals surface area contributed by atoms with Crippen LogP contribution in [-0.2, 0) is 27.4 Å². The Bertz CT molecular complexity index is 758. The largest absolute Gasteiger partial charge is 0.380 e. The Hall–Kier alpha value is -2.66. The molecular formula is C19H20N2O3. The zero-order chi connectivity index (χ0) is 16.9. The number of amides is 2. The maximum absolute atomic E-state index is 12.4. The average molecular weight is 324 g/mol. The van der Waals surface area contributed by atoms with Crippen molar-refractivity contribution in [3.63, 3.8) is 0 Å². The smallest absolute Gasteiger partial charge is 0.244 e. The summed E-state index contributed by atoms with van der Waals surface area (Å²) in [7, 11) is 1.63. The lowest BCUT2D eigenvalue weighted by Crippen LogP contribution is -2.40. The van der Waals surface area contributed by atoms with Crippen LogP contribution in [0.5, 0.6) is 0 Å². The minimum atomic E-state index is -0.213. The maximum Gasteiger partial charge on any atom is 0.244 e. The molecule has 0 spiro atoms. The van der Waals surface area contributed by atoms with Crippen LogP contribution < -0.4 is 10.2 Å². The number of para-hydroxylation sites is 1. The maximum atomic E-state index is 12.4. The van der Waals surface area contributed by atoms with Gasteiger partial charge in [-0.3, -0.25) is 9.59 Å². The molecule has 24 heavy (non-hydrogen) atoms. The molecule has 1 aliphatic rings. The number of nitrogens with one attached hydrogen (secondary N) is 1. The molecule has 2 amide bonds. The van der Waals surface area contributed by atoms with Crippen LogP contribution in [0.2, 0.25) is 0 Å². The van der Waals surface area contributed by atoms with E-state index < -0.39 is 0 Å². The van der Waals surface area contributed by atoms with Crippen molar-refractivity contribution in [1.29, 1.82) is 0 Å². The van der Waals surface area contributed by atoms with E-state index in [1.807, 2.05) is 48.5 Å². The van der Waals surface area contributed by atoms with Crippen molar-refractivity contribution < 1.29 is 14.3 Å². The topological polar surface area (TPSA) is 58.6 Å². The van der Waals surface area contributed by atoms with E-state index >= 15 is 0 Å². The number of nitrogens with zero attached hydrogens (tertiary/aromatic N) is 1. The van der Waals surface area contributed by atoms with Gasteiger partial charge >= 0.3 is 0 Å². The van der Waals surface area contributed by atoms with Gasteiger partial charge in [0.05, 0.1) is 6.61 Å². The molecule has 0 fully saturated rings. The van der Waals surface area contributed by atoms with Crippen molar-refractivity contribution in [2.75, 3.05) is 23.9 Å². The normalized spacial score (nSPS) is 13.5. The lowest BCUT2D eigenvalue weighted by atomic mass is 10.0. The summed E-state index contributed by atoms with van der Waals surface area (Å²) in [5, 5.41) is 2.85. The summed E-state index contributed by atoms with van der Waals surface area (Å²) in [5.41, 5.74) is 3.62. The monoisotopic (exact) mass is 324 g/mol. The van der Waals surface area contributed by atoms with E-state index in [2.05, 4.69) is 5.32 Å². The first-order valence-electron chi connectivity index (χ1n) is 7.93. The molecule has 0 saturated heterocycles. The van der Waals surface area contributed by atoms with Gasteiger partial charge < -0.3 is 15.0 Å². The third-order valence-electron chi connectivity index (χ3n) is 4.02. The van der Waals surface area contributed by atoms with E-state index in [4.69, 9.17) is 4.74 Å². The van der Waals surface area contributed by atoms with Crippen molar-refractivity contribution in [3.05, 3.63) is 59.7 Å². The van der Waals surface area contributed by atoms with E-state index in [0.717, 1.165) is 23.2 Å². The van der Waals surface area contributed by atoms with Gasteiger partial charge in [-0.15, -0.1) is 0 Å². The summed E-state index contributed by atoms with van der Waals surface area (Å²) in [4.78, 5) is 26.1. The number of rotatable bonds is 5. The molecule has 5 nitrogen and oxygen atoms in total. The molecule has 2 aromatic carbocycles. The van der Waals surface area contributed by atoms with Crippen LogP contribution in [-0.4, -0.2) is 25.5 Å². The molecule has 124 valence electrons. The molecular weight excluding hydrogens is 304 g/mol. The standard InChI is InChI=1S/C19H20N2O3/c1-24-13-14-5-4-7-16(11-14)20-18(22)12-21-17-8-3-2-6-15(17)9-10-19(21)23/h2-8,11H,9-10,12-13H2,1H3,(H,20,22). The fraction of sp³-hybridized carbons (Fsp3) is 0.263. The van der Waals surface area contributed by atoms with E-state index in [9.17, 15) is 9.59 Å². The van der Waals surface area contributed by atoms with Crippen LogP contribution in [0.25, 0.3) is 0 Å². The Kier molecular flexibility index (Phi) is 4.91. The van der Waals surface area contributed by atoms with E-state index in [0.29, 0.717) is 18.7 Å². The third kappa shape index (κ3) is 3.63. The number of benzene rings is 2. The van der Waals surface area contributed by atoms with Crippen LogP contribution >= 0.6 is 0 Å². The first kappa shape index (κ1) is 16.2. The van der Waals surface area contributed by atoms with Crippen molar-refractivity contribution in [2.24, 2.45) is 0 Å². The molecule has 1 heterocycles. The van der Waals surface area contributed by atoms with Gasteiger partial charge in [0.1, 0.15) is 6.54 Å². The van der Waals surface area contributed by atoms with Crippen LogP contribution in [0.1, 0.15) is 17.5 Å². The molecule has 0 saturated carbocycles. The number of hydrogen-bond acceptors (Lipinski definition) is 3. The van der Waals surface area contributed by atoms with Crippen LogP contribution in [0.3, 0.4) is 0 Å². The predicted molar refractivity (Wildman–Crippen MR) is 92.9 cm³/mol. The molecule has 0 atom stereocenters. The highest BCUT2D eigenvalue weighted by atomic mass is 16.5. The highest BCUT2D eigenvalue weighted by Gasteiger charge is 2.25. The van der Waals surface area contributed by atoms with Gasteiger partial charge in [-0.1, -0.05) is 30.3 Å². The first-order chi connectivity index (χ1) is 11.7. The molecule has 0 bridgehead atoms. The Morgan fingerprint density at radius 1 is 1.17 bits per heavy atom. The Morgan fingerprint density at radius 3 is 2.83 bits per heavy atom.